The van der Waals surface area contributed by atoms with Gasteiger partial charge in [-0.05, 0) is 48.9 Å². The van der Waals surface area contributed by atoms with Gasteiger partial charge < -0.3 is 9.84 Å². The van der Waals surface area contributed by atoms with Crippen LogP contribution in [0.1, 0.15) is 43.9 Å². The van der Waals surface area contributed by atoms with Crippen LogP contribution in [-0.4, -0.2) is 17.7 Å². The summed E-state index contributed by atoms with van der Waals surface area (Å²) in [7, 11) is 0. The Kier molecular flexibility index (Phi) is 4.22. The Morgan fingerprint density at radius 1 is 1.17 bits per heavy atom. The van der Waals surface area contributed by atoms with Crippen LogP contribution in [0.25, 0.3) is 11.1 Å². The lowest BCUT2D eigenvalue weighted by Crippen LogP contribution is -2.28. The predicted octanol–water partition coefficient (Wildman–Crippen LogP) is 4.57. The van der Waals surface area contributed by atoms with Gasteiger partial charge in [-0.25, -0.2) is 0 Å². The third-order valence-corrected chi connectivity index (χ3v) is 4.67. The van der Waals surface area contributed by atoms with Gasteiger partial charge in [-0.2, -0.15) is 0 Å². The van der Waals surface area contributed by atoms with E-state index in [0.717, 1.165) is 41.7 Å². The Morgan fingerprint density at radius 2 is 1.91 bits per heavy atom. The van der Waals surface area contributed by atoms with E-state index in [1.54, 1.807) is 13.8 Å². The van der Waals surface area contributed by atoms with Gasteiger partial charge in [0.15, 0.2) is 0 Å². The van der Waals surface area contributed by atoms with Crippen molar-refractivity contribution in [2.75, 3.05) is 6.61 Å². The van der Waals surface area contributed by atoms with Crippen LogP contribution in [0.5, 0.6) is 0 Å². The van der Waals surface area contributed by atoms with E-state index in [1.165, 1.54) is 0 Å². The van der Waals surface area contributed by atoms with Crippen molar-refractivity contribution < 1.29 is 14.6 Å². The number of carbonyl (C=O) groups is 1. The molecule has 0 aromatic heterocycles. The second-order valence-corrected chi connectivity index (χ2v) is 6.60. The molecule has 1 aliphatic heterocycles. The summed E-state index contributed by atoms with van der Waals surface area (Å²) in [5.74, 6) is -0.816. The third kappa shape index (κ3) is 3.02. The van der Waals surface area contributed by atoms with Gasteiger partial charge in [0.05, 0.1) is 11.5 Å². The zero-order valence-corrected chi connectivity index (χ0v) is 13.6. The number of hydrogen-bond donors (Lipinski definition) is 1. The van der Waals surface area contributed by atoms with Crippen molar-refractivity contribution in [3.63, 3.8) is 0 Å². The highest BCUT2D eigenvalue weighted by molar-refractivity contribution is 5.81. The Balaban J connectivity index is 2.12. The van der Waals surface area contributed by atoms with E-state index in [-0.39, 0.29) is 6.10 Å². The maximum atomic E-state index is 11.6. The summed E-state index contributed by atoms with van der Waals surface area (Å²) in [5, 5.41) is 9.51. The topological polar surface area (TPSA) is 46.5 Å². The van der Waals surface area contributed by atoms with E-state index in [2.05, 4.69) is 12.1 Å². The number of benzene rings is 2. The number of aliphatic carboxylic acids is 1. The molecule has 2 aromatic rings. The van der Waals surface area contributed by atoms with Crippen molar-refractivity contribution >= 4 is 5.97 Å². The molecule has 3 nitrogen and oxygen atoms in total. The van der Waals surface area contributed by atoms with Gasteiger partial charge in [0.2, 0.25) is 0 Å². The first-order valence-corrected chi connectivity index (χ1v) is 8.05. The molecule has 1 N–H and O–H groups in total. The van der Waals surface area contributed by atoms with Gasteiger partial charge in [0, 0.05) is 6.61 Å². The quantitative estimate of drug-likeness (QED) is 0.900. The number of carboxylic acid groups (broad SMARTS) is 1. The van der Waals surface area contributed by atoms with Crippen molar-refractivity contribution in [1.82, 2.24) is 0 Å². The SMILES string of the molecule is CC(C)(C(=O)O)c1ccc(-c2ccccc2)c(C2CCCO2)c1. The third-order valence-electron chi connectivity index (χ3n) is 4.67. The van der Waals surface area contributed by atoms with Gasteiger partial charge in [0.1, 0.15) is 0 Å². The largest absolute Gasteiger partial charge is 0.481 e. The van der Waals surface area contributed by atoms with Crippen LogP contribution in [0.3, 0.4) is 0 Å². The molecule has 0 aliphatic carbocycles. The highest BCUT2D eigenvalue weighted by atomic mass is 16.5. The lowest BCUT2D eigenvalue weighted by Gasteiger charge is -2.23. The van der Waals surface area contributed by atoms with Crippen LogP contribution >= 0.6 is 0 Å². The fraction of sp³-hybridized carbons (Fsp3) is 0.350. The van der Waals surface area contributed by atoms with E-state index in [9.17, 15) is 9.90 Å². The summed E-state index contributed by atoms with van der Waals surface area (Å²) in [6.07, 6.45) is 2.08. The first kappa shape index (κ1) is 15.8. The second kappa shape index (κ2) is 6.17. The molecule has 2 aromatic carbocycles. The molecule has 0 saturated carbocycles. The molecular formula is C20H22O3. The molecule has 120 valence electrons. The maximum absolute atomic E-state index is 11.6. The highest BCUT2D eigenvalue weighted by Crippen LogP contribution is 2.38. The molecule has 1 unspecified atom stereocenters. The molecule has 1 fully saturated rings. The van der Waals surface area contributed by atoms with Gasteiger partial charge in [-0.3, -0.25) is 4.79 Å². The van der Waals surface area contributed by atoms with Crippen LogP contribution in [0.4, 0.5) is 0 Å². The Bertz CT molecular complexity index is 698. The average molecular weight is 310 g/mol. The van der Waals surface area contributed by atoms with Gasteiger partial charge in [-0.1, -0.05) is 48.5 Å². The van der Waals surface area contributed by atoms with Crippen molar-refractivity contribution in [3.8, 4) is 11.1 Å². The fourth-order valence-electron chi connectivity index (χ4n) is 3.04. The summed E-state index contributed by atoms with van der Waals surface area (Å²) >= 11 is 0. The number of rotatable bonds is 4. The van der Waals surface area contributed by atoms with Crippen molar-refractivity contribution in [3.05, 3.63) is 59.7 Å². The number of ether oxygens (including phenoxy) is 1. The lowest BCUT2D eigenvalue weighted by atomic mass is 9.81. The minimum absolute atomic E-state index is 0.0507. The fourth-order valence-corrected chi connectivity index (χ4v) is 3.04. The molecule has 3 heteroatoms. The number of hydrogen-bond acceptors (Lipinski definition) is 2. The summed E-state index contributed by atoms with van der Waals surface area (Å²) in [6.45, 7) is 4.25. The van der Waals surface area contributed by atoms with Gasteiger partial charge in [0.25, 0.3) is 0 Å². The first-order valence-electron chi connectivity index (χ1n) is 8.05. The van der Waals surface area contributed by atoms with Gasteiger partial charge >= 0.3 is 5.97 Å². The Morgan fingerprint density at radius 3 is 2.52 bits per heavy atom. The van der Waals surface area contributed by atoms with Crippen LogP contribution in [-0.2, 0) is 14.9 Å². The van der Waals surface area contributed by atoms with Crippen molar-refractivity contribution in [2.45, 2.75) is 38.2 Å². The van der Waals surface area contributed by atoms with Crippen LogP contribution in [0, 0.1) is 0 Å². The van der Waals surface area contributed by atoms with Crippen LogP contribution in [0.15, 0.2) is 48.5 Å². The molecule has 1 heterocycles. The van der Waals surface area contributed by atoms with Gasteiger partial charge in [-0.15, -0.1) is 0 Å². The van der Waals surface area contributed by atoms with E-state index in [0.29, 0.717) is 0 Å². The van der Waals surface area contributed by atoms with Crippen molar-refractivity contribution in [2.24, 2.45) is 0 Å². The minimum atomic E-state index is -0.914. The predicted molar refractivity (Wildman–Crippen MR) is 90.5 cm³/mol. The zero-order chi connectivity index (χ0) is 16.4. The maximum Gasteiger partial charge on any atom is 0.313 e. The Labute approximate surface area is 136 Å². The Hall–Kier alpha value is -2.13. The molecule has 23 heavy (non-hydrogen) atoms. The lowest BCUT2D eigenvalue weighted by molar-refractivity contribution is -0.142. The second-order valence-electron chi connectivity index (χ2n) is 6.60. The molecule has 3 rings (SSSR count). The minimum Gasteiger partial charge on any atom is -0.481 e. The summed E-state index contributed by atoms with van der Waals surface area (Å²) in [4.78, 5) is 11.6. The van der Waals surface area contributed by atoms with Crippen LogP contribution in [0.2, 0.25) is 0 Å². The standard InChI is InChI=1S/C20H22O3/c1-20(2,19(21)22)15-10-11-16(14-7-4-3-5-8-14)17(13-15)18-9-6-12-23-18/h3-5,7-8,10-11,13,18H,6,9,12H2,1-2H3,(H,21,22). The van der Waals surface area contributed by atoms with E-state index in [4.69, 9.17) is 4.74 Å². The summed E-state index contributed by atoms with van der Waals surface area (Å²) < 4.78 is 5.88. The molecule has 0 amide bonds. The highest BCUT2D eigenvalue weighted by Gasteiger charge is 2.31. The zero-order valence-electron chi connectivity index (χ0n) is 13.6. The molecule has 1 atom stereocenters. The molecule has 0 radical (unpaired) electrons. The molecular weight excluding hydrogens is 288 g/mol. The smallest absolute Gasteiger partial charge is 0.313 e. The van der Waals surface area contributed by atoms with E-state index < -0.39 is 11.4 Å². The first-order chi connectivity index (χ1) is 11.0. The average Bonchev–Trinajstić information content (AvgIpc) is 3.09. The monoisotopic (exact) mass is 310 g/mol. The number of carboxylic acids is 1. The van der Waals surface area contributed by atoms with E-state index >= 15 is 0 Å². The van der Waals surface area contributed by atoms with Crippen LogP contribution < -0.4 is 0 Å². The molecule has 0 spiro atoms. The van der Waals surface area contributed by atoms with Crippen molar-refractivity contribution in [1.29, 1.82) is 0 Å². The molecule has 1 saturated heterocycles. The summed E-state index contributed by atoms with van der Waals surface area (Å²) in [5.41, 5.74) is 3.26. The normalized spacial score (nSPS) is 18.1. The molecule has 1 aliphatic rings. The van der Waals surface area contributed by atoms with E-state index in [1.807, 2.05) is 36.4 Å². The summed E-state index contributed by atoms with van der Waals surface area (Å²) in [6, 6.07) is 16.2. The molecule has 0 bridgehead atoms.